The maximum absolute atomic E-state index is 12.2. The minimum Gasteiger partial charge on any atom is -0.496 e. The Hall–Kier alpha value is -3.62. The zero-order valence-electron chi connectivity index (χ0n) is 12.5. The number of rotatable bonds is 5. The molecule has 0 spiro atoms. The number of carbonyl (C=O) groups is 1. The van der Waals surface area contributed by atoms with Gasteiger partial charge in [-0.2, -0.15) is 5.10 Å². The highest BCUT2D eigenvalue weighted by Gasteiger charge is 2.16. The van der Waals surface area contributed by atoms with Crippen molar-refractivity contribution in [3.8, 4) is 17.2 Å². The molecule has 0 saturated heterocycles. The quantitative estimate of drug-likeness (QED) is 0.548. The van der Waals surface area contributed by atoms with Gasteiger partial charge in [-0.1, -0.05) is 0 Å². The second kappa shape index (κ2) is 6.24. The summed E-state index contributed by atoms with van der Waals surface area (Å²) in [6.07, 6.45) is 1.51. The van der Waals surface area contributed by atoms with Gasteiger partial charge in [-0.05, 0) is 12.1 Å². The van der Waals surface area contributed by atoms with E-state index in [1.54, 1.807) is 12.1 Å². The van der Waals surface area contributed by atoms with Gasteiger partial charge in [0.25, 0.3) is 11.6 Å². The van der Waals surface area contributed by atoms with E-state index in [1.807, 2.05) is 0 Å². The Balaban J connectivity index is 1.82. The van der Waals surface area contributed by atoms with Gasteiger partial charge in [0.15, 0.2) is 11.5 Å². The minimum absolute atomic E-state index is 0.117. The number of hydrogen-bond acceptors (Lipinski definition) is 6. The van der Waals surface area contributed by atoms with Crippen molar-refractivity contribution < 1.29 is 18.9 Å². The van der Waals surface area contributed by atoms with Crippen LogP contribution in [0.3, 0.4) is 0 Å². The van der Waals surface area contributed by atoms with Crippen molar-refractivity contribution in [1.29, 1.82) is 0 Å². The molecule has 2 aromatic heterocycles. The van der Waals surface area contributed by atoms with Crippen LogP contribution in [0.15, 0.2) is 47.1 Å². The van der Waals surface area contributed by atoms with E-state index in [2.05, 4.69) is 15.5 Å². The number of aromatic amines is 1. The summed E-state index contributed by atoms with van der Waals surface area (Å²) >= 11 is 0. The first kappa shape index (κ1) is 15.3. The number of nitrogens with zero attached hydrogens (tertiary/aromatic N) is 2. The molecule has 0 aliphatic heterocycles. The number of anilines is 1. The fourth-order valence-corrected chi connectivity index (χ4v) is 2.07. The summed E-state index contributed by atoms with van der Waals surface area (Å²) < 4.78 is 10.2. The topological polar surface area (TPSA) is 123 Å². The first-order valence-corrected chi connectivity index (χ1v) is 6.81. The first-order chi connectivity index (χ1) is 11.6. The number of hydrogen-bond donors (Lipinski definition) is 2. The lowest BCUT2D eigenvalue weighted by Crippen LogP contribution is -2.12. The average Bonchev–Trinajstić information content (AvgIpc) is 3.25. The van der Waals surface area contributed by atoms with Crippen molar-refractivity contribution in [1.82, 2.24) is 10.2 Å². The average molecular weight is 328 g/mol. The molecule has 3 aromatic rings. The van der Waals surface area contributed by atoms with Crippen LogP contribution in [-0.4, -0.2) is 28.1 Å². The molecule has 24 heavy (non-hydrogen) atoms. The van der Waals surface area contributed by atoms with Crippen molar-refractivity contribution in [2.24, 2.45) is 0 Å². The van der Waals surface area contributed by atoms with Crippen molar-refractivity contribution in [2.45, 2.75) is 0 Å². The number of non-ortho nitro benzene ring substituents is 1. The second-order valence-corrected chi connectivity index (χ2v) is 4.78. The standard InChI is InChI=1S/C15H12N4O5/c1-23-11-6-9(5-10(7-11)19(21)22)16-15(20)13-8-12(17-18-13)14-3-2-4-24-14/h2-8H,1H3,(H,16,20)(H,17,18). The van der Waals surface area contributed by atoms with Crippen LogP contribution >= 0.6 is 0 Å². The van der Waals surface area contributed by atoms with E-state index in [-0.39, 0.29) is 22.8 Å². The summed E-state index contributed by atoms with van der Waals surface area (Å²) in [6, 6.07) is 8.93. The summed E-state index contributed by atoms with van der Waals surface area (Å²) in [5.74, 6) is 0.281. The van der Waals surface area contributed by atoms with Crippen LogP contribution in [-0.2, 0) is 0 Å². The van der Waals surface area contributed by atoms with E-state index in [9.17, 15) is 14.9 Å². The molecule has 3 rings (SSSR count). The van der Waals surface area contributed by atoms with Gasteiger partial charge in [0, 0.05) is 18.2 Å². The van der Waals surface area contributed by atoms with E-state index in [4.69, 9.17) is 9.15 Å². The van der Waals surface area contributed by atoms with Crippen molar-refractivity contribution in [3.63, 3.8) is 0 Å². The summed E-state index contributed by atoms with van der Waals surface area (Å²) in [4.78, 5) is 22.6. The summed E-state index contributed by atoms with van der Waals surface area (Å²) in [7, 11) is 1.38. The van der Waals surface area contributed by atoms with Gasteiger partial charge in [-0.3, -0.25) is 20.0 Å². The van der Waals surface area contributed by atoms with E-state index in [0.29, 0.717) is 11.5 Å². The molecule has 9 nitrogen and oxygen atoms in total. The molecule has 2 N–H and O–H groups in total. The van der Waals surface area contributed by atoms with E-state index >= 15 is 0 Å². The third-order valence-corrected chi connectivity index (χ3v) is 3.19. The van der Waals surface area contributed by atoms with E-state index < -0.39 is 10.8 Å². The number of nitro benzene ring substituents is 1. The number of methoxy groups -OCH3 is 1. The molecule has 0 atom stereocenters. The lowest BCUT2D eigenvalue weighted by molar-refractivity contribution is -0.384. The summed E-state index contributed by atoms with van der Waals surface area (Å²) in [5, 5.41) is 20.1. The molecule has 0 unspecified atom stereocenters. The maximum Gasteiger partial charge on any atom is 0.276 e. The third kappa shape index (κ3) is 3.09. The van der Waals surface area contributed by atoms with Crippen LogP contribution in [0.25, 0.3) is 11.5 Å². The Morgan fingerprint density at radius 1 is 1.38 bits per heavy atom. The molecule has 122 valence electrons. The molecule has 0 radical (unpaired) electrons. The van der Waals surface area contributed by atoms with Gasteiger partial charge < -0.3 is 14.5 Å². The van der Waals surface area contributed by atoms with Gasteiger partial charge in [-0.15, -0.1) is 0 Å². The van der Waals surface area contributed by atoms with Crippen molar-refractivity contribution in [2.75, 3.05) is 12.4 Å². The zero-order chi connectivity index (χ0) is 17.1. The van der Waals surface area contributed by atoms with E-state index in [0.717, 1.165) is 0 Å². The van der Waals surface area contributed by atoms with Gasteiger partial charge in [-0.25, -0.2) is 0 Å². The SMILES string of the molecule is COc1cc(NC(=O)c2cc(-c3ccco3)[nH]n2)cc([N+](=O)[O-])c1. The number of furan rings is 1. The molecule has 0 saturated carbocycles. The third-order valence-electron chi connectivity index (χ3n) is 3.19. The number of nitrogens with one attached hydrogen (secondary N) is 2. The minimum atomic E-state index is -0.568. The first-order valence-electron chi connectivity index (χ1n) is 6.81. The van der Waals surface area contributed by atoms with Gasteiger partial charge in [0.1, 0.15) is 11.4 Å². The number of nitro groups is 1. The lowest BCUT2D eigenvalue weighted by atomic mass is 10.2. The Morgan fingerprint density at radius 3 is 2.88 bits per heavy atom. The number of H-pyrrole nitrogens is 1. The van der Waals surface area contributed by atoms with Crippen LogP contribution in [0.2, 0.25) is 0 Å². The molecule has 0 fully saturated rings. The van der Waals surface area contributed by atoms with Crippen molar-refractivity contribution >= 4 is 17.3 Å². The molecule has 1 amide bonds. The van der Waals surface area contributed by atoms with Gasteiger partial charge in [0.05, 0.1) is 30.1 Å². The molecule has 0 bridgehead atoms. The Morgan fingerprint density at radius 2 is 2.21 bits per heavy atom. The van der Waals surface area contributed by atoms with Crippen molar-refractivity contribution in [3.05, 3.63) is 58.5 Å². The Kier molecular flexibility index (Phi) is 3.98. The Bertz CT molecular complexity index is 885. The number of carbonyl (C=O) groups excluding carboxylic acids is 1. The van der Waals surface area contributed by atoms with Gasteiger partial charge in [0.2, 0.25) is 0 Å². The molecule has 9 heteroatoms. The second-order valence-electron chi connectivity index (χ2n) is 4.78. The lowest BCUT2D eigenvalue weighted by Gasteiger charge is -2.06. The maximum atomic E-state index is 12.2. The molecule has 1 aromatic carbocycles. The largest absolute Gasteiger partial charge is 0.496 e. The van der Waals surface area contributed by atoms with Crippen LogP contribution in [0, 0.1) is 10.1 Å². The van der Waals surface area contributed by atoms with Gasteiger partial charge >= 0.3 is 0 Å². The smallest absolute Gasteiger partial charge is 0.276 e. The summed E-state index contributed by atoms with van der Waals surface area (Å²) in [5.41, 5.74) is 0.699. The monoisotopic (exact) mass is 328 g/mol. The highest BCUT2D eigenvalue weighted by Crippen LogP contribution is 2.26. The Labute approximate surface area is 135 Å². The summed E-state index contributed by atoms with van der Waals surface area (Å²) in [6.45, 7) is 0. The number of benzene rings is 1. The zero-order valence-corrected chi connectivity index (χ0v) is 12.5. The predicted octanol–water partition coefficient (Wildman–Crippen LogP) is 2.84. The number of ether oxygens (including phenoxy) is 1. The van der Waals surface area contributed by atoms with Crippen LogP contribution < -0.4 is 10.1 Å². The van der Waals surface area contributed by atoms with Crippen LogP contribution in [0.4, 0.5) is 11.4 Å². The molecule has 0 aliphatic carbocycles. The predicted molar refractivity (Wildman–Crippen MR) is 83.9 cm³/mol. The van der Waals surface area contributed by atoms with Crippen LogP contribution in [0.1, 0.15) is 10.5 Å². The molecule has 2 heterocycles. The van der Waals surface area contributed by atoms with E-state index in [1.165, 1.54) is 37.6 Å². The van der Waals surface area contributed by atoms with Crippen LogP contribution in [0.5, 0.6) is 5.75 Å². The highest BCUT2D eigenvalue weighted by molar-refractivity contribution is 6.03. The fourth-order valence-electron chi connectivity index (χ4n) is 2.07. The fraction of sp³-hybridized carbons (Fsp3) is 0.0667. The number of aromatic nitrogens is 2. The molecule has 0 aliphatic rings. The molecular weight excluding hydrogens is 316 g/mol. The highest BCUT2D eigenvalue weighted by atomic mass is 16.6. The molecular formula is C15H12N4O5. The number of amides is 1. The normalized spacial score (nSPS) is 10.4.